The van der Waals surface area contributed by atoms with Gasteiger partial charge in [0.25, 0.3) is 5.91 Å². The standard InChI is InChI=1S/C17H17FN2O3/c18-12-5-2-6-13-11(12)7-14(19-13)16(21)20-8-9-3-1-4-10(9)15(20)17(22)23/h2,5-7,9-10,15,19H,1,3-4,8H2,(H,22,23). The summed E-state index contributed by atoms with van der Waals surface area (Å²) in [6.45, 7) is 0.471. The minimum absolute atomic E-state index is 0.0394. The molecular weight excluding hydrogens is 299 g/mol. The van der Waals surface area contributed by atoms with E-state index in [1.165, 1.54) is 17.0 Å². The first-order chi connectivity index (χ1) is 11.1. The van der Waals surface area contributed by atoms with Gasteiger partial charge in [-0.15, -0.1) is 0 Å². The van der Waals surface area contributed by atoms with Crippen molar-refractivity contribution in [1.29, 1.82) is 0 Å². The molecule has 5 nitrogen and oxygen atoms in total. The number of carboxylic acid groups (broad SMARTS) is 1. The quantitative estimate of drug-likeness (QED) is 0.894. The van der Waals surface area contributed by atoms with Gasteiger partial charge in [0.2, 0.25) is 0 Å². The predicted molar refractivity (Wildman–Crippen MR) is 81.5 cm³/mol. The Morgan fingerprint density at radius 3 is 2.87 bits per heavy atom. The molecule has 4 rings (SSSR count). The number of amides is 1. The summed E-state index contributed by atoms with van der Waals surface area (Å²) in [6, 6.07) is 5.31. The summed E-state index contributed by atoms with van der Waals surface area (Å²) >= 11 is 0. The van der Waals surface area contributed by atoms with Crippen LogP contribution in [-0.2, 0) is 4.79 Å². The van der Waals surface area contributed by atoms with E-state index in [1.807, 2.05) is 0 Å². The summed E-state index contributed by atoms with van der Waals surface area (Å²) < 4.78 is 13.8. The van der Waals surface area contributed by atoms with Crippen LogP contribution in [0.15, 0.2) is 24.3 Å². The molecule has 1 saturated carbocycles. The molecule has 2 heterocycles. The molecule has 120 valence electrons. The van der Waals surface area contributed by atoms with E-state index in [9.17, 15) is 19.1 Å². The van der Waals surface area contributed by atoms with Gasteiger partial charge in [0.1, 0.15) is 17.6 Å². The van der Waals surface area contributed by atoms with Crippen molar-refractivity contribution in [3.63, 3.8) is 0 Å². The highest BCUT2D eigenvalue weighted by Crippen LogP contribution is 2.42. The van der Waals surface area contributed by atoms with E-state index in [1.54, 1.807) is 12.1 Å². The van der Waals surface area contributed by atoms with Gasteiger partial charge in [-0.25, -0.2) is 9.18 Å². The first-order valence-electron chi connectivity index (χ1n) is 7.87. The molecule has 1 amide bonds. The number of nitrogens with one attached hydrogen (secondary N) is 1. The Kier molecular flexibility index (Phi) is 3.14. The zero-order valence-corrected chi connectivity index (χ0v) is 12.5. The highest BCUT2D eigenvalue weighted by molar-refractivity contribution is 6.00. The smallest absolute Gasteiger partial charge is 0.326 e. The summed E-state index contributed by atoms with van der Waals surface area (Å²) in [7, 11) is 0. The summed E-state index contributed by atoms with van der Waals surface area (Å²) in [5.41, 5.74) is 0.788. The summed E-state index contributed by atoms with van der Waals surface area (Å²) in [5.74, 6) is -1.40. The van der Waals surface area contributed by atoms with E-state index < -0.39 is 17.8 Å². The fraction of sp³-hybridized carbons (Fsp3) is 0.412. The number of carbonyl (C=O) groups excluding carboxylic acids is 1. The number of likely N-dealkylation sites (tertiary alicyclic amines) is 1. The number of halogens is 1. The average Bonchev–Trinajstić information content (AvgIpc) is 3.19. The molecule has 1 aromatic heterocycles. The van der Waals surface area contributed by atoms with Gasteiger partial charge in [-0.1, -0.05) is 12.5 Å². The molecule has 3 unspecified atom stereocenters. The number of hydrogen-bond donors (Lipinski definition) is 2. The molecule has 2 fully saturated rings. The molecule has 1 aromatic carbocycles. The van der Waals surface area contributed by atoms with Gasteiger partial charge in [0.05, 0.1) is 0 Å². The van der Waals surface area contributed by atoms with Crippen LogP contribution in [0.5, 0.6) is 0 Å². The minimum atomic E-state index is -0.949. The lowest BCUT2D eigenvalue weighted by atomic mass is 9.94. The second-order valence-corrected chi connectivity index (χ2v) is 6.48. The normalized spacial score (nSPS) is 26.7. The van der Waals surface area contributed by atoms with Crippen molar-refractivity contribution < 1.29 is 19.1 Å². The van der Waals surface area contributed by atoms with Crippen LogP contribution in [0, 0.1) is 17.7 Å². The van der Waals surface area contributed by atoms with Crippen molar-refractivity contribution in [2.45, 2.75) is 25.3 Å². The largest absolute Gasteiger partial charge is 0.480 e. The molecular formula is C17H17FN2O3. The van der Waals surface area contributed by atoms with Crippen LogP contribution in [0.3, 0.4) is 0 Å². The lowest BCUT2D eigenvalue weighted by Crippen LogP contribution is -2.43. The minimum Gasteiger partial charge on any atom is -0.480 e. The zero-order valence-electron chi connectivity index (χ0n) is 12.5. The van der Waals surface area contributed by atoms with Crippen molar-refractivity contribution in [3.05, 3.63) is 35.8 Å². The lowest BCUT2D eigenvalue weighted by molar-refractivity contribution is -0.142. The Morgan fingerprint density at radius 1 is 1.30 bits per heavy atom. The number of carbonyl (C=O) groups is 2. The topological polar surface area (TPSA) is 73.4 Å². The highest BCUT2D eigenvalue weighted by Gasteiger charge is 2.49. The van der Waals surface area contributed by atoms with Crippen LogP contribution in [0.1, 0.15) is 29.8 Å². The lowest BCUT2D eigenvalue weighted by Gasteiger charge is -2.23. The predicted octanol–water partition coefficient (Wildman–Crippen LogP) is 2.63. The number of carboxylic acids is 1. The first-order valence-corrected chi connectivity index (χ1v) is 7.87. The van der Waals surface area contributed by atoms with Crippen molar-refractivity contribution in [3.8, 4) is 0 Å². The second-order valence-electron chi connectivity index (χ2n) is 6.48. The number of H-pyrrole nitrogens is 1. The van der Waals surface area contributed by atoms with Gasteiger partial charge < -0.3 is 15.0 Å². The molecule has 2 N–H and O–H groups in total. The van der Waals surface area contributed by atoms with Gasteiger partial charge in [-0.3, -0.25) is 4.79 Å². The monoisotopic (exact) mass is 316 g/mol. The van der Waals surface area contributed by atoms with Crippen LogP contribution < -0.4 is 0 Å². The maximum Gasteiger partial charge on any atom is 0.326 e. The third kappa shape index (κ3) is 2.12. The van der Waals surface area contributed by atoms with Crippen molar-refractivity contribution in [2.75, 3.05) is 6.54 Å². The molecule has 0 spiro atoms. The Labute approximate surface area is 132 Å². The number of fused-ring (bicyclic) bond motifs is 2. The van der Waals surface area contributed by atoms with Gasteiger partial charge in [-0.2, -0.15) is 0 Å². The van der Waals surface area contributed by atoms with Crippen LogP contribution in [0.4, 0.5) is 4.39 Å². The van der Waals surface area contributed by atoms with E-state index in [-0.39, 0.29) is 23.4 Å². The first kappa shape index (κ1) is 14.2. The Balaban J connectivity index is 1.69. The van der Waals surface area contributed by atoms with E-state index in [4.69, 9.17) is 0 Å². The number of rotatable bonds is 2. The molecule has 3 atom stereocenters. The van der Waals surface area contributed by atoms with Gasteiger partial charge in [-0.05, 0) is 42.9 Å². The molecule has 6 heteroatoms. The van der Waals surface area contributed by atoms with Crippen molar-refractivity contribution >= 4 is 22.8 Å². The number of aliphatic carboxylic acids is 1. The number of aromatic nitrogens is 1. The van der Waals surface area contributed by atoms with Crippen molar-refractivity contribution in [1.82, 2.24) is 9.88 Å². The number of hydrogen-bond acceptors (Lipinski definition) is 2. The molecule has 23 heavy (non-hydrogen) atoms. The fourth-order valence-electron chi connectivity index (χ4n) is 4.22. The maximum atomic E-state index is 13.8. The summed E-state index contributed by atoms with van der Waals surface area (Å²) in [4.78, 5) is 28.8. The number of aromatic amines is 1. The van der Waals surface area contributed by atoms with Crippen LogP contribution in [0.25, 0.3) is 10.9 Å². The summed E-state index contributed by atoms with van der Waals surface area (Å²) in [5, 5.41) is 9.90. The van der Waals surface area contributed by atoms with E-state index >= 15 is 0 Å². The SMILES string of the molecule is O=C(O)C1C2CCCC2CN1C(=O)c1cc2c(F)cccc2[nH]1. The third-order valence-corrected chi connectivity index (χ3v) is 5.25. The van der Waals surface area contributed by atoms with Crippen LogP contribution in [0.2, 0.25) is 0 Å². The Hall–Kier alpha value is -2.37. The number of nitrogens with zero attached hydrogens (tertiary/aromatic N) is 1. The van der Waals surface area contributed by atoms with Gasteiger partial charge in [0.15, 0.2) is 0 Å². The molecule has 1 aliphatic heterocycles. The van der Waals surface area contributed by atoms with Crippen LogP contribution >= 0.6 is 0 Å². The molecule has 1 aliphatic carbocycles. The molecule has 2 aromatic rings. The van der Waals surface area contributed by atoms with Crippen LogP contribution in [-0.4, -0.2) is 39.5 Å². The van der Waals surface area contributed by atoms with E-state index in [0.717, 1.165) is 19.3 Å². The Bertz CT molecular complexity index is 800. The maximum absolute atomic E-state index is 13.8. The van der Waals surface area contributed by atoms with Gasteiger partial charge in [0, 0.05) is 17.4 Å². The highest BCUT2D eigenvalue weighted by atomic mass is 19.1. The second kappa shape index (κ2) is 5.08. The van der Waals surface area contributed by atoms with E-state index in [2.05, 4.69) is 4.98 Å². The summed E-state index contributed by atoms with van der Waals surface area (Å²) in [6.07, 6.45) is 2.85. The third-order valence-electron chi connectivity index (χ3n) is 5.25. The number of benzene rings is 1. The van der Waals surface area contributed by atoms with E-state index in [0.29, 0.717) is 17.4 Å². The zero-order chi connectivity index (χ0) is 16.1. The molecule has 1 saturated heterocycles. The molecule has 0 bridgehead atoms. The molecule has 0 radical (unpaired) electrons. The van der Waals surface area contributed by atoms with Gasteiger partial charge >= 0.3 is 5.97 Å². The average molecular weight is 316 g/mol. The molecule has 2 aliphatic rings. The fourth-order valence-corrected chi connectivity index (χ4v) is 4.22. The van der Waals surface area contributed by atoms with Crippen molar-refractivity contribution in [2.24, 2.45) is 11.8 Å². The Morgan fingerprint density at radius 2 is 2.13 bits per heavy atom.